The molecule has 0 aromatic carbocycles. The molecule has 2 heterocycles. The summed E-state index contributed by atoms with van der Waals surface area (Å²) in [5, 5.41) is 7.75. The maximum Gasteiger partial charge on any atom is 0.162 e. The van der Waals surface area contributed by atoms with Crippen molar-refractivity contribution in [2.24, 2.45) is 0 Å². The van der Waals surface area contributed by atoms with Gasteiger partial charge in [-0.1, -0.05) is 18.5 Å². The predicted octanol–water partition coefficient (Wildman–Crippen LogP) is 2.18. The van der Waals surface area contributed by atoms with E-state index in [-0.39, 0.29) is 0 Å². The molecule has 0 spiro atoms. The zero-order valence-electron chi connectivity index (χ0n) is 12.7. The third-order valence-corrected chi connectivity index (χ3v) is 3.71. The maximum atomic E-state index is 5.26. The minimum absolute atomic E-state index is 0.491. The number of piperidine rings is 1. The molecule has 114 valence electrons. The number of hydrogen-bond acceptors (Lipinski definition) is 5. The highest BCUT2D eigenvalue weighted by Crippen LogP contribution is 2.12. The topological polar surface area (TPSA) is 50.5 Å². The number of aromatic nitrogens is 1. The van der Waals surface area contributed by atoms with Crippen LogP contribution in [0.25, 0.3) is 0 Å². The van der Waals surface area contributed by atoms with Gasteiger partial charge in [0.05, 0.1) is 5.69 Å². The van der Waals surface area contributed by atoms with Crippen molar-refractivity contribution in [2.75, 3.05) is 26.7 Å². The first kappa shape index (κ1) is 15.5. The van der Waals surface area contributed by atoms with Gasteiger partial charge in [-0.25, -0.2) is 0 Å². The van der Waals surface area contributed by atoms with E-state index in [1.807, 2.05) is 6.07 Å². The largest absolute Gasteiger partial charge is 0.377 e. The summed E-state index contributed by atoms with van der Waals surface area (Å²) in [6, 6.07) is 2.63. The lowest BCUT2D eigenvalue weighted by molar-refractivity contribution is 0.155. The van der Waals surface area contributed by atoms with Gasteiger partial charge in [0.2, 0.25) is 0 Å². The molecule has 0 saturated carbocycles. The lowest BCUT2D eigenvalue weighted by Crippen LogP contribution is -2.43. The van der Waals surface area contributed by atoms with Gasteiger partial charge in [-0.2, -0.15) is 0 Å². The van der Waals surface area contributed by atoms with Crippen LogP contribution in [0.15, 0.2) is 10.6 Å². The highest BCUT2D eigenvalue weighted by atomic mass is 16.5. The smallest absolute Gasteiger partial charge is 0.162 e. The molecule has 5 nitrogen and oxygen atoms in total. The Morgan fingerprint density at radius 2 is 2.40 bits per heavy atom. The molecule has 1 atom stereocenters. The normalized spacial score (nSPS) is 19.6. The number of nitrogens with zero attached hydrogens (tertiary/aromatic N) is 2. The zero-order chi connectivity index (χ0) is 14.2. The molecule has 1 aliphatic heterocycles. The van der Waals surface area contributed by atoms with Gasteiger partial charge in [-0.05, 0) is 32.4 Å². The Hall–Kier alpha value is -0.910. The van der Waals surface area contributed by atoms with E-state index in [1.54, 1.807) is 7.11 Å². The van der Waals surface area contributed by atoms with Gasteiger partial charge in [0.15, 0.2) is 5.76 Å². The van der Waals surface area contributed by atoms with Crippen molar-refractivity contribution in [3.63, 3.8) is 0 Å². The molecule has 20 heavy (non-hydrogen) atoms. The van der Waals surface area contributed by atoms with Gasteiger partial charge >= 0.3 is 0 Å². The fraction of sp³-hybridized carbons (Fsp3) is 0.800. The average molecular weight is 281 g/mol. The summed E-state index contributed by atoms with van der Waals surface area (Å²) in [4.78, 5) is 2.47. The summed E-state index contributed by atoms with van der Waals surface area (Å²) >= 11 is 0. The molecule has 0 aliphatic carbocycles. The van der Waals surface area contributed by atoms with Crippen LogP contribution in [0.2, 0.25) is 0 Å². The van der Waals surface area contributed by atoms with E-state index >= 15 is 0 Å². The van der Waals surface area contributed by atoms with Crippen LogP contribution in [0, 0.1) is 0 Å². The van der Waals surface area contributed by atoms with Crippen LogP contribution in [0.1, 0.15) is 44.1 Å². The lowest BCUT2D eigenvalue weighted by atomic mass is 10.0. The number of nitrogens with one attached hydrogen (secondary N) is 1. The fourth-order valence-electron chi connectivity index (χ4n) is 2.81. The van der Waals surface area contributed by atoms with Gasteiger partial charge in [0.1, 0.15) is 6.61 Å². The minimum Gasteiger partial charge on any atom is -0.377 e. The van der Waals surface area contributed by atoms with Gasteiger partial charge in [-0.3, -0.25) is 4.90 Å². The number of hydrogen-bond donors (Lipinski definition) is 1. The molecule has 0 bridgehead atoms. The van der Waals surface area contributed by atoms with E-state index in [2.05, 4.69) is 22.3 Å². The Labute approximate surface area is 121 Å². The van der Waals surface area contributed by atoms with Crippen molar-refractivity contribution < 1.29 is 9.26 Å². The van der Waals surface area contributed by atoms with E-state index < -0.39 is 0 Å². The second-order valence-corrected chi connectivity index (χ2v) is 5.60. The van der Waals surface area contributed by atoms with Gasteiger partial charge in [-0.15, -0.1) is 0 Å². The predicted molar refractivity (Wildman–Crippen MR) is 78.4 cm³/mol. The van der Waals surface area contributed by atoms with Crippen LogP contribution in [0.4, 0.5) is 0 Å². The Morgan fingerprint density at radius 1 is 1.50 bits per heavy atom. The molecule has 2 rings (SSSR count). The molecule has 5 heteroatoms. The molecule has 0 radical (unpaired) electrons. The Bertz CT molecular complexity index is 375. The Kier molecular flexibility index (Phi) is 6.50. The van der Waals surface area contributed by atoms with Crippen LogP contribution < -0.4 is 5.32 Å². The van der Waals surface area contributed by atoms with Crippen LogP contribution in [-0.2, 0) is 17.9 Å². The number of methoxy groups -OCH3 is 1. The van der Waals surface area contributed by atoms with Crippen LogP contribution in [0.3, 0.4) is 0 Å². The molecular weight excluding hydrogens is 254 g/mol. The summed E-state index contributed by atoms with van der Waals surface area (Å²) < 4.78 is 10.3. The standard InChI is InChI=1S/C15H27N3O2/c1-3-8-18(10-13-6-4-5-7-16-13)11-14-9-15(12-19-2)20-17-14/h9,13,16H,3-8,10-12H2,1-2H3. The molecule has 1 N–H and O–H groups in total. The summed E-state index contributed by atoms with van der Waals surface area (Å²) in [6.07, 6.45) is 5.11. The average Bonchev–Trinajstić information content (AvgIpc) is 2.88. The molecule has 1 unspecified atom stereocenters. The second kappa shape index (κ2) is 8.39. The second-order valence-electron chi connectivity index (χ2n) is 5.60. The first-order valence-corrected chi connectivity index (χ1v) is 7.71. The van der Waals surface area contributed by atoms with Crippen molar-refractivity contribution in [1.29, 1.82) is 0 Å². The third kappa shape index (κ3) is 4.89. The van der Waals surface area contributed by atoms with Crippen molar-refractivity contribution in [1.82, 2.24) is 15.4 Å². The fourth-order valence-corrected chi connectivity index (χ4v) is 2.81. The molecule has 1 fully saturated rings. The summed E-state index contributed by atoms with van der Waals surface area (Å²) in [5.41, 5.74) is 1.00. The highest BCUT2D eigenvalue weighted by Gasteiger charge is 2.17. The van der Waals surface area contributed by atoms with E-state index in [0.717, 1.165) is 44.1 Å². The van der Waals surface area contributed by atoms with E-state index in [4.69, 9.17) is 9.26 Å². The highest BCUT2D eigenvalue weighted by molar-refractivity contribution is 5.04. The summed E-state index contributed by atoms with van der Waals surface area (Å²) in [7, 11) is 1.67. The van der Waals surface area contributed by atoms with Gasteiger partial charge in [0, 0.05) is 32.3 Å². The van der Waals surface area contributed by atoms with Crippen LogP contribution in [0.5, 0.6) is 0 Å². The van der Waals surface area contributed by atoms with Crippen molar-refractivity contribution in [3.05, 3.63) is 17.5 Å². The molecule has 1 aromatic heterocycles. The number of rotatable bonds is 8. The summed E-state index contributed by atoms with van der Waals surface area (Å²) in [6.45, 7) is 6.93. The SMILES string of the molecule is CCCN(Cc1cc(COC)on1)CC1CCCCN1. The Morgan fingerprint density at radius 3 is 3.10 bits per heavy atom. The Balaban J connectivity index is 1.86. The van der Waals surface area contributed by atoms with E-state index in [9.17, 15) is 0 Å². The first-order valence-electron chi connectivity index (χ1n) is 7.71. The molecule has 0 amide bonds. The van der Waals surface area contributed by atoms with E-state index in [1.165, 1.54) is 19.3 Å². The zero-order valence-corrected chi connectivity index (χ0v) is 12.7. The molecule has 1 aliphatic rings. The molecular formula is C15H27N3O2. The maximum absolute atomic E-state index is 5.26. The van der Waals surface area contributed by atoms with Crippen LogP contribution >= 0.6 is 0 Å². The summed E-state index contributed by atoms with van der Waals surface area (Å²) in [5.74, 6) is 0.801. The lowest BCUT2D eigenvalue weighted by Gasteiger charge is -2.29. The van der Waals surface area contributed by atoms with Crippen LogP contribution in [-0.4, -0.2) is 42.8 Å². The van der Waals surface area contributed by atoms with Gasteiger partial charge in [0.25, 0.3) is 0 Å². The van der Waals surface area contributed by atoms with Crippen molar-refractivity contribution in [2.45, 2.75) is 51.8 Å². The van der Waals surface area contributed by atoms with Crippen molar-refractivity contribution >= 4 is 0 Å². The number of ether oxygens (including phenoxy) is 1. The van der Waals surface area contributed by atoms with Gasteiger partial charge < -0.3 is 14.6 Å². The minimum atomic E-state index is 0.491. The monoisotopic (exact) mass is 281 g/mol. The first-order chi connectivity index (χ1) is 9.81. The van der Waals surface area contributed by atoms with Crippen molar-refractivity contribution in [3.8, 4) is 0 Å². The van der Waals surface area contributed by atoms with E-state index in [0.29, 0.717) is 12.6 Å². The quantitative estimate of drug-likeness (QED) is 0.791. The molecule has 1 saturated heterocycles. The third-order valence-electron chi connectivity index (χ3n) is 3.71. The molecule has 1 aromatic rings.